The lowest BCUT2D eigenvalue weighted by Gasteiger charge is -2.12. The molecular weight excluding hydrogens is 170 g/mol. The van der Waals surface area contributed by atoms with Crippen LogP contribution in [-0.4, -0.2) is 0 Å². The molecular formula is C13H17N. The van der Waals surface area contributed by atoms with Crippen LogP contribution in [0.25, 0.3) is 5.57 Å². The molecule has 0 saturated heterocycles. The average molecular weight is 187 g/mol. The predicted octanol–water partition coefficient (Wildman–Crippen LogP) is 3.27. The number of hydrogen-bond acceptors (Lipinski definition) is 1. The van der Waals surface area contributed by atoms with E-state index in [0.717, 1.165) is 6.42 Å². The number of fused-ring (bicyclic) bond motifs is 1. The third kappa shape index (κ3) is 1.60. The third-order valence-corrected chi connectivity index (χ3v) is 3.02. The highest BCUT2D eigenvalue weighted by molar-refractivity contribution is 5.69. The Hall–Kier alpha value is -1.08. The van der Waals surface area contributed by atoms with E-state index in [4.69, 9.17) is 5.73 Å². The van der Waals surface area contributed by atoms with Gasteiger partial charge in [0.05, 0.1) is 0 Å². The van der Waals surface area contributed by atoms with Crippen LogP contribution in [0.4, 0.5) is 0 Å². The fourth-order valence-electron chi connectivity index (χ4n) is 2.22. The van der Waals surface area contributed by atoms with Gasteiger partial charge in [0, 0.05) is 6.04 Å². The van der Waals surface area contributed by atoms with Gasteiger partial charge in [-0.15, -0.1) is 0 Å². The maximum absolute atomic E-state index is 6.14. The molecule has 1 aromatic rings. The van der Waals surface area contributed by atoms with Gasteiger partial charge in [-0.25, -0.2) is 0 Å². The Labute approximate surface area is 85.6 Å². The summed E-state index contributed by atoms with van der Waals surface area (Å²) in [6.45, 7) is 2.11. The van der Waals surface area contributed by atoms with Crippen LogP contribution in [0.3, 0.4) is 0 Å². The predicted molar refractivity (Wildman–Crippen MR) is 60.9 cm³/mol. The molecule has 1 aromatic carbocycles. The van der Waals surface area contributed by atoms with E-state index in [9.17, 15) is 0 Å². The zero-order valence-corrected chi connectivity index (χ0v) is 8.66. The Kier molecular flexibility index (Phi) is 2.69. The Balaban J connectivity index is 2.53. The van der Waals surface area contributed by atoms with Gasteiger partial charge in [0.25, 0.3) is 0 Å². The van der Waals surface area contributed by atoms with Crippen LogP contribution in [0.2, 0.25) is 0 Å². The van der Waals surface area contributed by atoms with Crippen molar-refractivity contribution >= 4 is 5.57 Å². The zero-order valence-electron chi connectivity index (χ0n) is 8.66. The molecule has 1 aliphatic rings. The SMILES string of the molecule is CC=C1CCCC(N)c2ccccc21. The summed E-state index contributed by atoms with van der Waals surface area (Å²) in [7, 11) is 0. The van der Waals surface area contributed by atoms with E-state index in [1.807, 2.05) is 0 Å². The molecule has 0 spiro atoms. The molecule has 14 heavy (non-hydrogen) atoms. The summed E-state index contributed by atoms with van der Waals surface area (Å²) in [5.74, 6) is 0. The fourth-order valence-corrected chi connectivity index (χ4v) is 2.22. The van der Waals surface area contributed by atoms with Crippen molar-refractivity contribution in [3.63, 3.8) is 0 Å². The molecule has 1 nitrogen and oxygen atoms in total. The minimum absolute atomic E-state index is 0.226. The second-order valence-electron chi connectivity index (χ2n) is 3.90. The average Bonchev–Trinajstić information content (AvgIpc) is 2.39. The normalized spacial score (nSPS) is 24.4. The molecule has 0 saturated carbocycles. The quantitative estimate of drug-likeness (QED) is 0.620. The number of benzene rings is 1. The summed E-state index contributed by atoms with van der Waals surface area (Å²) in [4.78, 5) is 0. The monoisotopic (exact) mass is 187 g/mol. The van der Waals surface area contributed by atoms with E-state index in [2.05, 4.69) is 37.3 Å². The highest BCUT2D eigenvalue weighted by Crippen LogP contribution is 2.33. The summed E-state index contributed by atoms with van der Waals surface area (Å²) in [5, 5.41) is 0. The minimum Gasteiger partial charge on any atom is -0.324 e. The first kappa shape index (κ1) is 9.47. The van der Waals surface area contributed by atoms with Crippen LogP contribution >= 0.6 is 0 Å². The van der Waals surface area contributed by atoms with Gasteiger partial charge < -0.3 is 5.73 Å². The Morgan fingerprint density at radius 1 is 1.36 bits per heavy atom. The minimum atomic E-state index is 0.226. The molecule has 1 unspecified atom stereocenters. The van der Waals surface area contributed by atoms with E-state index < -0.39 is 0 Å². The van der Waals surface area contributed by atoms with Gasteiger partial charge in [-0.2, -0.15) is 0 Å². The van der Waals surface area contributed by atoms with Crippen LogP contribution in [0.5, 0.6) is 0 Å². The molecule has 2 rings (SSSR count). The van der Waals surface area contributed by atoms with E-state index in [1.54, 1.807) is 0 Å². The van der Waals surface area contributed by atoms with E-state index in [0.29, 0.717) is 0 Å². The van der Waals surface area contributed by atoms with Crippen molar-refractivity contribution in [3.05, 3.63) is 41.5 Å². The number of rotatable bonds is 0. The maximum atomic E-state index is 6.14. The van der Waals surface area contributed by atoms with Crippen LogP contribution < -0.4 is 5.73 Å². The van der Waals surface area contributed by atoms with Crippen LogP contribution in [-0.2, 0) is 0 Å². The molecule has 0 aliphatic heterocycles. The Bertz CT molecular complexity index is 352. The molecule has 1 aliphatic carbocycles. The lowest BCUT2D eigenvalue weighted by atomic mass is 9.97. The molecule has 1 heteroatoms. The van der Waals surface area contributed by atoms with Crippen molar-refractivity contribution in [2.24, 2.45) is 5.73 Å². The Morgan fingerprint density at radius 3 is 2.93 bits per heavy atom. The molecule has 0 aromatic heterocycles. The molecule has 74 valence electrons. The summed E-state index contributed by atoms with van der Waals surface area (Å²) in [5.41, 5.74) is 10.3. The molecule has 0 amide bonds. The molecule has 0 bridgehead atoms. The van der Waals surface area contributed by atoms with E-state index >= 15 is 0 Å². The fraction of sp³-hybridized carbons (Fsp3) is 0.385. The largest absolute Gasteiger partial charge is 0.324 e. The van der Waals surface area contributed by atoms with Gasteiger partial charge in [0.15, 0.2) is 0 Å². The smallest absolute Gasteiger partial charge is 0.0301 e. The molecule has 0 fully saturated rings. The van der Waals surface area contributed by atoms with Gasteiger partial charge in [-0.05, 0) is 42.9 Å². The second kappa shape index (κ2) is 3.97. The van der Waals surface area contributed by atoms with E-state index in [-0.39, 0.29) is 6.04 Å². The third-order valence-electron chi connectivity index (χ3n) is 3.02. The van der Waals surface area contributed by atoms with E-state index in [1.165, 1.54) is 29.5 Å². The lowest BCUT2D eigenvalue weighted by molar-refractivity contribution is 0.632. The Morgan fingerprint density at radius 2 is 2.14 bits per heavy atom. The molecule has 0 radical (unpaired) electrons. The number of allylic oxidation sites excluding steroid dienone is 2. The van der Waals surface area contributed by atoms with Crippen LogP contribution in [0, 0.1) is 0 Å². The number of nitrogens with two attached hydrogens (primary N) is 1. The molecule has 2 N–H and O–H groups in total. The lowest BCUT2D eigenvalue weighted by Crippen LogP contribution is -2.09. The molecule has 0 heterocycles. The van der Waals surface area contributed by atoms with Crippen molar-refractivity contribution in [2.75, 3.05) is 0 Å². The van der Waals surface area contributed by atoms with Crippen LogP contribution in [0.1, 0.15) is 43.4 Å². The summed E-state index contributed by atoms with van der Waals surface area (Å²) >= 11 is 0. The first-order valence-electron chi connectivity index (χ1n) is 5.33. The highest BCUT2D eigenvalue weighted by Gasteiger charge is 2.16. The summed E-state index contributed by atoms with van der Waals surface area (Å²) in [6.07, 6.45) is 5.70. The second-order valence-corrected chi connectivity index (χ2v) is 3.90. The number of hydrogen-bond donors (Lipinski definition) is 1. The topological polar surface area (TPSA) is 26.0 Å². The van der Waals surface area contributed by atoms with Gasteiger partial charge in [0.1, 0.15) is 0 Å². The summed E-state index contributed by atoms with van der Waals surface area (Å²) < 4.78 is 0. The van der Waals surface area contributed by atoms with Gasteiger partial charge in [-0.1, -0.05) is 30.3 Å². The summed E-state index contributed by atoms with van der Waals surface area (Å²) in [6, 6.07) is 8.76. The van der Waals surface area contributed by atoms with Gasteiger partial charge in [0.2, 0.25) is 0 Å². The van der Waals surface area contributed by atoms with Crippen molar-refractivity contribution in [1.29, 1.82) is 0 Å². The molecule has 1 atom stereocenters. The van der Waals surface area contributed by atoms with Crippen molar-refractivity contribution in [2.45, 2.75) is 32.2 Å². The standard InChI is InChI=1S/C13H17N/c1-2-10-6-5-9-13(14)12-8-4-3-7-11(10)12/h2-4,7-8,13H,5-6,9,14H2,1H3. The van der Waals surface area contributed by atoms with Crippen molar-refractivity contribution < 1.29 is 0 Å². The maximum Gasteiger partial charge on any atom is 0.0301 e. The van der Waals surface area contributed by atoms with Crippen LogP contribution in [0.15, 0.2) is 30.3 Å². The zero-order chi connectivity index (χ0) is 9.97. The highest BCUT2D eigenvalue weighted by atomic mass is 14.6. The first-order chi connectivity index (χ1) is 6.83. The van der Waals surface area contributed by atoms with Crippen molar-refractivity contribution in [1.82, 2.24) is 0 Å². The first-order valence-corrected chi connectivity index (χ1v) is 5.33. The van der Waals surface area contributed by atoms with Gasteiger partial charge >= 0.3 is 0 Å². The van der Waals surface area contributed by atoms with Crippen molar-refractivity contribution in [3.8, 4) is 0 Å². The van der Waals surface area contributed by atoms with Gasteiger partial charge in [-0.3, -0.25) is 0 Å².